The largest absolute Gasteiger partial charge is 0.387 e. The first kappa shape index (κ1) is 24.3. The van der Waals surface area contributed by atoms with Gasteiger partial charge >= 0.3 is 0 Å². The molecule has 0 radical (unpaired) electrons. The van der Waals surface area contributed by atoms with Gasteiger partial charge in [-0.05, 0) is 39.8 Å². The molecule has 3 rings (SSSR count). The molecular weight excluding hydrogens is 437 g/mol. The highest BCUT2D eigenvalue weighted by Gasteiger charge is 2.27. The Morgan fingerprint density at radius 2 is 1.97 bits per heavy atom. The van der Waals surface area contributed by atoms with Crippen LogP contribution in [-0.4, -0.2) is 56.1 Å². The van der Waals surface area contributed by atoms with E-state index in [1.54, 1.807) is 18.3 Å². The molecule has 0 aliphatic carbocycles. The molecule has 0 aromatic carbocycles. The summed E-state index contributed by atoms with van der Waals surface area (Å²) in [5, 5.41) is 21.9. The van der Waals surface area contributed by atoms with E-state index in [1.165, 1.54) is 44.5 Å². The Labute approximate surface area is 189 Å². The molecule has 0 saturated carbocycles. The van der Waals surface area contributed by atoms with Gasteiger partial charge in [-0.1, -0.05) is 0 Å². The zero-order valence-corrected chi connectivity index (χ0v) is 18.8. The summed E-state index contributed by atoms with van der Waals surface area (Å²) >= 11 is 0. The number of halogens is 3. The molecule has 0 aliphatic rings. The van der Waals surface area contributed by atoms with E-state index < -0.39 is 35.7 Å². The van der Waals surface area contributed by atoms with E-state index in [9.17, 15) is 23.1 Å². The van der Waals surface area contributed by atoms with Crippen molar-refractivity contribution in [2.24, 2.45) is 0 Å². The summed E-state index contributed by atoms with van der Waals surface area (Å²) in [5.41, 5.74) is -2.06. The van der Waals surface area contributed by atoms with Crippen LogP contribution in [0.3, 0.4) is 0 Å². The fraction of sp³-hybridized carbons (Fsp3) is 0.409. The summed E-state index contributed by atoms with van der Waals surface area (Å²) in [6.45, 7) is 4.86. The molecule has 1 unspecified atom stereocenters. The summed E-state index contributed by atoms with van der Waals surface area (Å²) in [7, 11) is 0. The smallest absolute Gasteiger partial charge is 0.255 e. The Hall–Kier alpha value is -3.34. The van der Waals surface area contributed by atoms with E-state index in [-0.39, 0.29) is 23.3 Å². The number of anilines is 3. The monoisotopic (exact) mass is 464 g/mol. The number of aromatic nitrogens is 3. The van der Waals surface area contributed by atoms with Gasteiger partial charge in [0.2, 0.25) is 0 Å². The Kier molecular flexibility index (Phi) is 6.82. The van der Waals surface area contributed by atoms with Crippen LogP contribution in [0, 0.1) is 5.82 Å². The number of hydrogen-bond acceptors (Lipinski definition) is 6. The lowest BCUT2D eigenvalue weighted by Gasteiger charge is -2.23. The number of hydrogen-bond donors (Lipinski definition) is 4. The number of carbonyl (C=O) groups is 1. The first-order valence-corrected chi connectivity index (χ1v) is 10.3. The standard InChI is InChI=1S/C22H27F3N6O2/c1-21(2,25)12-28-16-8-19(30-13-5-6-31-17(7-13)15(23)10-29-31)26-9-14(16)20(32)27-11-18(24)22(3,4)33/h5-10,18,33H,11-12H2,1-4H3,(H,27,32)(H2,26,28,30). The molecule has 0 fully saturated rings. The predicted molar refractivity (Wildman–Crippen MR) is 120 cm³/mol. The van der Waals surface area contributed by atoms with Crippen molar-refractivity contribution < 1.29 is 23.1 Å². The highest BCUT2D eigenvalue weighted by atomic mass is 19.1. The van der Waals surface area contributed by atoms with Crippen LogP contribution in [0.1, 0.15) is 38.1 Å². The lowest BCUT2D eigenvalue weighted by Crippen LogP contribution is -2.42. The molecule has 0 saturated heterocycles. The molecule has 0 bridgehead atoms. The number of rotatable bonds is 9. The van der Waals surface area contributed by atoms with Crippen LogP contribution in [0.4, 0.5) is 30.4 Å². The summed E-state index contributed by atoms with van der Waals surface area (Å²) in [6, 6.07) is 4.71. The fourth-order valence-electron chi connectivity index (χ4n) is 2.86. The van der Waals surface area contributed by atoms with Crippen molar-refractivity contribution in [3.8, 4) is 0 Å². The van der Waals surface area contributed by atoms with Crippen LogP contribution in [0.2, 0.25) is 0 Å². The van der Waals surface area contributed by atoms with Gasteiger partial charge < -0.3 is 21.1 Å². The van der Waals surface area contributed by atoms with E-state index >= 15 is 0 Å². The second kappa shape index (κ2) is 9.26. The molecule has 33 heavy (non-hydrogen) atoms. The molecule has 3 aromatic rings. The van der Waals surface area contributed by atoms with Gasteiger partial charge in [-0.15, -0.1) is 0 Å². The Morgan fingerprint density at radius 3 is 2.64 bits per heavy atom. The normalized spacial score (nSPS) is 13.1. The zero-order valence-electron chi connectivity index (χ0n) is 18.8. The molecule has 1 atom stereocenters. The van der Waals surface area contributed by atoms with Gasteiger partial charge in [-0.25, -0.2) is 22.7 Å². The molecule has 3 aromatic heterocycles. The highest BCUT2D eigenvalue weighted by Crippen LogP contribution is 2.24. The summed E-state index contributed by atoms with van der Waals surface area (Å²) in [6.07, 6.45) is 2.25. The van der Waals surface area contributed by atoms with Crippen molar-refractivity contribution >= 4 is 28.6 Å². The highest BCUT2D eigenvalue weighted by molar-refractivity contribution is 5.99. The van der Waals surface area contributed by atoms with Crippen molar-refractivity contribution in [2.75, 3.05) is 23.7 Å². The molecule has 0 aliphatic heterocycles. The SMILES string of the molecule is CC(C)(F)CNc1cc(Nc2ccn3ncc(F)c3c2)ncc1C(=O)NCC(F)C(C)(C)O. The van der Waals surface area contributed by atoms with Crippen molar-refractivity contribution in [1.82, 2.24) is 19.9 Å². The Bertz CT molecular complexity index is 1140. The number of carbonyl (C=O) groups excluding carboxylic acids is 1. The first-order valence-electron chi connectivity index (χ1n) is 10.3. The lowest BCUT2D eigenvalue weighted by molar-refractivity contribution is -0.00177. The number of aliphatic hydroxyl groups is 1. The molecule has 1 amide bonds. The van der Waals surface area contributed by atoms with Gasteiger partial charge in [0.05, 0.1) is 29.6 Å². The van der Waals surface area contributed by atoms with Crippen LogP contribution in [-0.2, 0) is 0 Å². The number of amides is 1. The maximum atomic E-state index is 14.1. The molecule has 178 valence electrons. The summed E-state index contributed by atoms with van der Waals surface area (Å²) in [4.78, 5) is 16.8. The Morgan fingerprint density at radius 1 is 1.24 bits per heavy atom. The van der Waals surface area contributed by atoms with Gasteiger partial charge in [0, 0.05) is 30.7 Å². The second-order valence-corrected chi connectivity index (χ2v) is 8.88. The quantitative estimate of drug-likeness (QED) is 0.386. The van der Waals surface area contributed by atoms with Gasteiger partial charge in [0.1, 0.15) is 23.2 Å². The van der Waals surface area contributed by atoms with Crippen molar-refractivity contribution in [3.05, 3.63) is 48.2 Å². The third kappa shape index (κ3) is 6.35. The Balaban J connectivity index is 1.83. The van der Waals surface area contributed by atoms with Crippen LogP contribution in [0.15, 0.2) is 36.8 Å². The fourth-order valence-corrected chi connectivity index (χ4v) is 2.86. The van der Waals surface area contributed by atoms with Crippen LogP contribution < -0.4 is 16.0 Å². The number of pyridine rings is 2. The number of nitrogens with one attached hydrogen (secondary N) is 3. The molecule has 8 nitrogen and oxygen atoms in total. The maximum Gasteiger partial charge on any atom is 0.255 e. The number of alkyl halides is 2. The molecule has 4 N–H and O–H groups in total. The van der Waals surface area contributed by atoms with E-state index in [2.05, 4.69) is 26.0 Å². The van der Waals surface area contributed by atoms with Crippen molar-refractivity contribution in [2.45, 2.75) is 45.1 Å². The van der Waals surface area contributed by atoms with Gasteiger partial charge in [0.15, 0.2) is 5.82 Å². The van der Waals surface area contributed by atoms with Crippen molar-refractivity contribution in [3.63, 3.8) is 0 Å². The maximum absolute atomic E-state index is 14.1. The van der Waals surface area contributed by atoms with Crippen LogP contribution in [0.5, 0.6) is 0 Å². The zero-order chi connectivity index (χ0) is 24.4. The van der Waals surface area contributed by atoms with E-state index in [0.717, 1.165) is 6.20 Å². The third-order valence-electron chi connectivity index (χ3n) is 4.80. The van der Waals surface area contributed by atoms with Crippen molar-refractivity contribution in [1.29, 1.82) is 0 Å². The van der Waals surface area contributed by atoms with E-state index in [4.69, 9.17) is 0 Å². The lowest BCUT2D eigenvalue weighted by atomic mass is 10.0. The van der Waals surface area contributed by atoms with E-state index in [0.29, 0.717) is 11.5 Å². The summed E-state index contributed by atoms with van der Waals surface area (Å²) in [5.74, 6) is -0.805. The molecule has 3 heterocycles. The average molecular weight is 464 g/mol. The van der Waals surface area contributed by atoms with Gasteiger partial charge in [-0.2, -0.15) is 5.10 Å². The molecule has 0 spiro atoms. The number of nitrogens with zero attached hydrogens (tertiary/aromatic N) is 3. The topological polar surface area (TPSA) is 104 Å². The van der Waals surface area contributed by atoms with Gasteiger partial charge in [0.25, 0.3) is 5.91 Å². The molecular formula is C22H27F3N6O2. The minimum Gasteiger partial charge on any atom is -0.387 e. The average Bonchev–Trinajstić information content (AvgIpc) is 3.09. The minimum atomic E-state index is -1.68. The summed E-state index contributed by atoms with van der Waals surface area (Å²) < 4.78 is 43.3. The third-order valence-corrected chi connectivity index (χ3v) is 4.80. The minimum absolute atomic E-state index is 0.0741. The van der Waals surface area contributed by atoms with Crippen LogP contribution >= 0.6 is 0 Å². The van der Waals surface area contributed by atoms with Gasteiger partial charge in [-0.3, -0.25) is 4.79 Å². The van der Waals surface area contributed by atoms with E-state index in [1.807, 2.05) is 0 Å². The number of fused-ring (bicyclic) bond motifs is 1. The first-order chi connectivity index (χ1) is 15.3. The van der Waals surface area contributed by atoms with Crippen LogP contribution in [0.25, 0.3) is 5.52 Å². The second-order valence-electron chi connectivity index (χ2n) is 8.88. The predicted octanol–water partition coefficient (Wildman–Crippen LogP) is 3.61. The molecule has 11 heteroatoms.